The Kier molecular flexibility index (Phi) is 4.82. The van der Waals surface area contributed by atoms with Crippen LogP contribution in [0.1, 0.15) is 36.0 Å². The molecule has 1 aliphatic carbocycles. The first-order chi connectivity index (χ1) is 13.2. The number of nitrogens with zero attached hydrogens (tertiary/aromatic N) is 2. The second-order valence-electron chi connectivity index (χ2n) is 6.71. The van der Waals surface area contributed by atoms with E-state index in [1.165, 1.54) is 12.5 Å². The van der Waals surface area contributed by atoms with Crippen molar-refractivity contribution in [2.24, 2.45) is 0 Å². The highest BCUT2D eigenvalue weighted by Crippen LogP contribution is 2.29. The van der Waals surface area contributed by atoms with E-state index in [9.17, 15) is 9.59 Å². The normalized spacial score (nSPS) is 19.6. The highest BCUT2D eigenvalue weighted by atomic mass is 16.5. The molecule has 1 aromatic carbocycles. The van der Waals surface area contributed by atoms with Gasteiger partial charge in [0.15, 0.2) is 0 Å². The van der Waals surface area contributed by atoms with Gasteiger partial charge in [-0.3, -0.25) is 14.6 Å². The first kappa shape index (κ1) is 17.2. The van der Waals surface area contributed by atoms with Crippen molar-refractivity contribution in [1.29, 1.82) is 0 Å². The van der Waals surface area contributed by atoms with E-state index in [4.69, 9.17) is 4.74 Å². The smallest absolute Gasteiger partial charge is 0.263 e. The lowest BCUT2D eigenvalue weighted by Crippen LogP contribution is -2.41. The Labute approximate surface area is 155 Å². The molecule has 2 N–H and O–H groups in total. The summed E-state index contributed by atoms with van der Waals surface area (Å²) in [4.78, 5) is 34.3. The lowest BCUT2D eigenvalue weighted by Gasteiger charge is -2.29. The third-order valence-electron chi connectivity index (χ3n) is 4.91. The summed E-state index contributed by atoms with van der Waals surface area (Å²) in [5.41, 5.74) is -0.384. The molecular formula is C20H20N4O3. The zero-order valence-electron chi connectivity index (χ0n) is 14.7. The molecule has 0 atom stereocenters. The number of rotatable bonds is 4. The second-order valence-corrected chi connectivity index (χ2v) is 6.71. The van der Waals surface area contributed by atoms with Gasteiger partial charge < -0.3 is 15.0 Å². The number of benzene rings is 1. The molecule has 138 valence electrons. The monoisotopic (exact) mass is 364 g/mol. The Balaban J connectivity index is 1.36. The van der Waals surface area contributed by atoms with E-state index >= 15 is 0 Å². The highest BCUT2D eigenvalue weighted by Gasteiger charge is 2.25. The number of fused-ring (bicyclic) bond motifs is 1. The Morgan fingerprint density at radius 1 is 1.11 bits per heavy atom. The molecule has 27 heavy (non-hydrogen) atoms. The quantitative estimate of drug-likeness (QED) is 0.741. The van der Waals surface area contributed by atoms with Gasteiger partial charge in [0, 0.05) is 35.4 Å². The molecule has 1 aliphatic rings. The molecule has 7 heteroatoms. The number of hydrogen-bond acceptors (Lipinski definition) is 5. The van der Waals surface area contributed by atoms with E-state index in [1.807, 2.05) is 30.5 Å². The van der Waals surface area contributed by atoms with Gasteiger partial charge in [0.1, 0.15) is 11.3 Å². The largest absolute Gasteiger partial charge is 0.490 e. The number of carbonyl (C=O) groups excluding carboxylic acids is 1. The van der Waals surface area contributed by atoms with Gasteiger partial charge in [0.2, 0.25) is 0 Å². The van der Waals surface area contributed by atoms with Crippen molar-refractivity contribution in [3.8, 4) is 5.75 Å². The summed E-state index contributed by atoms with van der Waals surface area (Å²) in [6.07, 6.45) is 9.56. The summed E-state index contributed by atoms with van der Waals surface area (Å²) in [5.74, 6) is 0.486. The molecule has 3 aromatic rings. The fraction of sp³-hybridized carbons (Fsp3) is 0.300. The number of amides is 1. The zero-order valence-corrected chi connectivity index (χ0v) is 14.7. The van der Waals surface area contributed by atoms with Gasteiger partial charge in [-0.05, 0) is 37.8 Å². The number of pyridine rings is 1. The lowest BCUT2D eigenvalue weighted by atomic mass is 9.92. The van der Waals surface area contributed by atoms with Crippen LogP contribution in [0, 0.1) is 0 Å². The molecule has 1 amide bonds. The third kappa shape index (κ3) is 3.81. The Morgan fingerprint density at radius 3 is 2.78 bits per heavy atom. The number of hydrogen-bond donors (Lipinski definition) is 2. The zero-order chi connectivity index (χ0) is 18.6. The average molecular weight is 364 g/mol. The lowest BCUT2D eigenvalue weighted by molar-refractivity contribution is 0.0893. The molecule has 2 heterocycles. The summed E-state index contributed by atoms with van der Waals surface area (Å²) >= 11 is 0. The van der Waals surface area contributed by atoms with Crippen LogP contribution in [-0.2, 0) is 0 Å². The molecule has 0 radical (unpaired) electrons. The van der Waals surface area contributed by atoms with Crippen LogP contribution in [0.2, 0.25) is 0 Å². The van der Waals surface area contributed by atoms with Gasteiger partial charge >= 0.3 is 0 Å². The molecule has 0 spiro atoms. The summed E-state index contributed by atoms with van der Waals surface area (Å²) in [6, 6.07) is 7.96. The van der Waals surface area contributed by atoms with E-state index in [2.05, 4.69) is 20.3 Å². The molecule has 0 aliphatic heterocycles. The van der Waals surface area contributed by atoms with E-state index in [-0.39, 0.29) is 23.6 Å². The van der Waals surface area contributed by atoms with Crippen molar-refractivity contribution in [1.82, 2.24) is 20.3 Å². The van der Waals surface area contributed by atoms with Crippen LogP contribution in [-0.4, -0.2) is 33.0 Å². The summed E-state index contributed by atoms with van der Waals surface area (Å²) in [6.45, 7) is 0. The van der Waals surface area contributed by atoms with Gasteiger partial charge in [0.05, 0.1) is 12.4 Å². The summed E-state index contributed by atoms with van der Waals surface area (Å²) in [5, 5.41) is 5.04. The third-order valence-corrected chi connectivity index (χ3v) is 4.91. The van der Waals surface area contributed by atoms with Crippen LogP contribution in [0.15, 0.2) is 54.0 Å². The van der Waals surface area contributed by atoms with E-state index in [0.717, 1.165) is 42.2 Å². The molecule has 2 aromatic heterocycles. The SMILES string of the molecule is O=C(NC1CCC(Oc2cccc3cnccc23)CC1)c1cnc[nH]c1=O. The number of carbonyl (C=O) groups is 1. The summed E-state index contributed by atoms with van der Waals surface area (Å²) < 4.78 is 6.22. The van der Waals surface area contributed by atoms with E-state index < -0.39 is 5.56 Å². The molecule has 0 bridgehead atoms. The highest BCUT2D eigenvalue weighted by molar-refractivity contribution is 5.93. The number of aromatic amines is 1. The minimum absolute atomic E-state index is 0.0358. The molecule has 4 rings (SSSR count). The molecular weight excluding hydrogens is 344 g/mol. The van der Waals surface area contributed by atoms with Gasteiger partial charge in [-0.2, -0.15) is 0 Å². The van der Waals surface area contributed by atoms with Gasteiger partial charge in [-0.15, -0.1) is 0 Å². The van der Waals surface area contributed by atoms with Crippen LogP contribution < -0.4 is 15.6 Å². The Hall–Kier alpha value is -3.22. The first-order valence-electron chi connectivity index (χ1n) is 9.03. The van der Waals surface area contributed by atoms with Crippen LogP contribution in [0.25, 0.3) is 10.8 Å². The first-order valence-corrected chi connectivity index (χ1v) is 9.03. The topological polar surface area (TPSA) is 97.0 Å². The predicted molar refractivity (Wildman–Crippen MR) is 101 cm³/mol. The minimum Gasteiger partial charge on any atom is -0.490 e. The maximum atomic E-state index is 12.2. The second kappa shape index (κ2) is 7.57. The van der Waals surface area contributed by atoms with Crippen LogP contribution >= 0.6 is 0 Å². The number of H-pyrrole nitrogens is 1. The minimum atomic E-state index is -0.426. The van der Waals surface area contributed by atoms with Crippen molar-refractivity contribution in [2.45, 2.75) is 37.8 Å². The maximum absolute atomic E-state index is 12.2. The maximum Gasteiger partial charge on any atom is 0.263 e. The van der Waals surface area contributed by atoms with E-state index in [1.54, 1.807) is 6.20 Å². The molecule has 1 saturated carbocycles. The molecule has 7 nitrogen and oxygen atoms in total. The number of aromatic nitrogens is 3. The van der Waals surface area contributed by atoms with Gasteiger partial charge in [-0.1, -0.05) is 12.1 Å². The number of ether oxygens (including phenoxy) is 1. The van der Waals surface area contributed by atoms with Crippen LogP contribution in [0.4, 0.5) is 0 Å². The fourth-order valence-electron chi connectivity index (χ4n) is 3.47. The summed E-state index contributed by atoms with van der Waals surface area (Å²) in [7, 11) is 0. The standard InChI is InChI=1S/C20H20N4O3/c25-19-17(11-22-12-23-19)20(26)24-14-4-6-15(7-5-14)27-18-3-1-2-13-10-21-9-8-16(13)18/h1-3,8-12,14-15H,4-7H2,(H,24,26)(H,22,23,25). The average Bonchev–Trinajstić information content (AvgIpc) is 2.70. The fourth-order valence-corrected chi connectivity index (χ4v) is 3.47. The van der Waals surface area contributed by atoms with Crippen molar-refractivity contribution < 1.29 is 9.53 Å². The predicted octanol–water partition coefficient (Wildman–Crippen LogP) is 2.44. The van der Waals surface area contributed by atoms with Crippen molar-refractivity contribution in [3.05, 3.63) is 65.1 Å². The molecule has 0 saturated heterocycles. The Bertz CT molecular complexity index is 1000. The van der Waals surface area contributed by atoms with Gasteiger partial charge in [-0.25, -0.2) is 4.98 Å². The van der Waals surface area contributed by atoms with Crippen molar-refractivity contribution >= 4 is 16.7 Å². The number of nitrogens with one attached hydrogen (secondary N) is 2. The molecule has 0 unspecified atom stereocenters. The van der Waals surface area contributed by atoms with Crippen molar-refractivity contribution in [3.63, 3.8) is 0 Å². The van der Waals surface area contributed by atoms with Crippen LogP contribution in [0.5, 0.6) is 5.75 Å². The van der Waals surface area contributed by atoms with Crippen molar-refractivity contribution in [2.75, 3.05) is 0 Å². The van der Waals surface area contributed by atoms with E-state index in [0.29, 0.717) is 0 Å². The van der Waals surface area contributed by atoms with Gasteiger partial charge in [0.25, 0.3) is 11.5 Å². The Morgan fingerprint density at radius 2 is 1.96 bits per heavy atom. The molecule has 1 fully saturated rings. The van der Waals surface area contributed by atoms with Crippen LogP contribution in [0.3, 0.4) is 0 Å².